The van der Waals surface area contributed by atoms with Gasteiger partial charge in [-0.05, 0) is 17.7 Å². The summed E-state index contributed by atoms with van der Waals surface area (Å²) in [7, 11) is 6.11. The van der Waals surface area contributed by atoms with E-state index in [1.807, 2.05) is 57.5 Å². The molecule has 0 saturated carbocycles. The van der Waals surface area contributed by atoms with Crippen LogP contribution in [0.1, 0.15) is 10.4 Å². The molecule has 0 unspecified atom stereocenters. The monoisotopic (exact) mass is 256 g/mol. The van der Waals surface area contributed by atoms with Crippen molar-refractivity contribution in [1.82, 2.24) is 4.48 Å². The summed E-state index contributed by atoms with van der Waals surface area (Å²) >= 11 is 0. The molecule has 19 heavy (non-hydrogen) atoms. The average Bonchev–Trinajstić information content (AvgIpc) is 2.38. The molecule has 0 amide bonds. The minimum absolute atomic E-state index is 0.322. The Bertz CT molecular complexity index is 598. The van der Waals surface area contributed by atoms with Crippen molar-refractivity contribution in [2.24, 2.45) is 0 Å². The Hall–Kier alpha value is -2.13. The fourth-order valence-electron chi connectivity index (χ4n) is 2.08. The molecule has 0 aromatic heterocycles. The number of hydrogen-bond donors (Lipinski definition) is 1. The smallest absolute Gasteiger partial charge is 0.335 e. The standard InChI is InChI=1S/C16H17NO2/c1-17(2,3)15-11-13(16(18)19)9-10-14(15)12-7-5-4-6-8-12/h4-11H,1-3H3/p+1. The first kappa shape index (κ1) is 13.3. The summed E-state index contributed by atoms with van der Waals surface area (Å²) in [6.07, 6.45) is 0. The molecule has 0 aliphatic carbocycles. The predicted molar refractivity (Wildman–Crippen MR) is 78.4 cm³/mol. The lowest BCUT2D eigenvalue weighted by atomic mass is 10.00. The number of benzene rings is 2. The van der Waals surface area contributed by atoms with Gasteiger partial charge in [0.25, 0.3) is 0 Å². The first-order valence-corrected chi connectivity index (χ1v) is 6.14. The highest BCUT2D eigenvalue weighted by Gasteiger charge is 2.20. The number of hydrogen-bond acceptors (Lipinski definition) is 1. The molecule has 2 aromatic carbocycles. The Morgan fingerprint density at radius 2 is 1.63 bits per heavy atom. The van der Waals surface area contributed by atoms with E-state index in [1.54, 1.807) is 12.1 Å². The highest BCUT2D eigenvalue weighted by Crippen LogP contribution is 2.33. The van der Waals surface area contributed by atoms with Gasteiger partial charge >= 0.3 is 5.97 Å². The molecule has 0 radical (unpaired) electrons. The summed E-state index contributed by atoms with van der Waals surface area (Å²) in [5, 5.41) is 9.13. The number of carboxylic acid groups (broad SMARTS) is 1. The van der Waals surface area contributed by atoms with Gasteiger partial charge in [0, 0.05) is 11.6 Å². The normalized spacial score (nSPS) is 11.3. The zero-order valence-electron chi connectivity index (χ0n) is 11.4. The summed E-state index contributed by atoms with van der Waals surface area (Å²) in [6, 6.07) is 15.3. The number of carboxylic acids is 1. The minimum atomic E-state index is -0.894. The van der Waals surface area contributed by atoms with Gasteiger partial charge in [-0.1, -0.05) is 30.3 Å². The fraction of sp³-hybridized carbons (Fsp3) is 0.188. The molecule has 2 aromatic rings. The number of rotatable bonds is 3. The van der Waals surface area contributed by atoms with E-state index in [4.69, 9.17) is 5.11 Å². The molecule has 1 N–H and O–H groups in total. The van der Waals surface area contributed by atoms with Crippen LogP contribution in [0.25, 0.3) is 11.1 Å². The zero-order chi connectivity index (χ0) is 14.0. The summed E-state index contributed by atoms with van der Waals surface area (Å²) in [6.45, 7) is 0. The SMILES string of the molecule is C[N+](C)(C)c1cc(C(=O)O)ccc1-c1ccccc1. The lowest BCUT2D eigenvalue weighted by molar-refractivity contribution is 0.0697. The molecule has 2 rings (SSSR count). The van der Waals surface area contributed by atoms with Crippen molar-refractivity contribution in [3.63, 3.8) is 0 Å². The Morgan fingerprint density at radius 1 is 1.00 bits per heavy atom. The molecule has 0 spiro atoms. The molecule has 0 heterocycles. The summed E-state index contributed by atoms with van der Waals surface area (Å²) < 4.78 is 0.575. The molecule has 0 aliphatic rings. The van der Waals surface area contributed by atoms with E-state index >= 15 is 0 Å². The Balaban J connectivity index is 2.65. The van der Waals surface area contributed by atoms with Crippen LogP contribution < -0.4 is 4.48 Å². The third-order valence-electron chi connectivity index (χ3n) is 3.05. The van der Waals surface area contributed by atoms with E-state index in [0.29, 0.717) is 10.0 Å². The summed E-state index contributed by atoms with van der Waals surface area (Å²) in [4.78, 5) is 11.1. The Labute approximate surface area is 113 Å². The fourth-order valence-corrected chi connectivity index (χ4v) is 2.08. The molecule has 0 atom stereocenters. The van der Waals surface area contributed by atoms with Gasteiger partial charge < -0.3 is 5.11 Å². The second-order valence-corrected chi connectivity index (χ2v) is 5.42. The van der Waals surface area contributed by atoms with Crippen molar-refractivity contribution in [2.45, 2.75) is 0 Å². The van der Waals surface area contributed by atoms with Crippen LogP contribution in [-0.4, -0.2) is 32.2 Å². The van der Waals surface area contributed by atoms with Gasteiger partial charge in [0.2, 0.25) is 0 Å². The molecule has 3 heteroatoms. The summed E-state index contributed by atoms with van der Waals surface area (Å²) in [5.74, 6) is -0.894. The number of nitrogens with zero attached hydrogens (tertiary/aromatic N) is 1. The van der Waals surface area contributed by atoms with Gasteiger partial charge in [-0.3, -0.25) is 4.48 Å². The maximum absolute atomic E-state index is 11.1. The van der Waals surface area contributed by atoms with Crippen molar-refractivity contribution in [1.29, 1.82) is 0 Å². The number of carbonyl (C=O) groups is 1. The topological polar surface area (TPSA) is 37.3 Å². The molecular formula is C16H18NO2+. The minimum Gasteiger partial charge on any atom is -0.478 e. The van der Waals surface area contributed by atoms with E-state index in [-0.39, 0.29) is 0 Å². The van der Waals surface area contributed by atoms with Crippen LogP contribution in [0.15, 0.2) is 48.5 Å². The van der Waals surface area contributed by atoms with Gasteiger partial charge in [0.1, 0.15) is 5.69 Å². The summed E-state index contributed by atoms with van der Waals surface area (Å²) in [5.41, 5.74) is 3.48. The van der Waals surface area contributed by atoms with Gasteiger partial charge in [-0.15, -0.1) is 0 Å². The quantitative estimate of drug-likeness (QED) is 0.856. The first-order chi connectivity index (χ1) is 8.89. The lowest BCUT2D eigenvalue weighted by Crippen LogP contribution is -2.35. The van der Waals surface area contributed by atoms with Crippen LogP contribution in [0.2, 0.25) is 0 Å². The van der Waals surface area contributed by atoms with Gasteiger partial charge in [0.15, 0.2) is 0 Å². The van der Waals surface area contributed by atoms with Crippen molar-refractivity contribution in [3.05, 3.63) is 54.1 Å². The number of aromatic carboxylic acids is 1. The van der Waals surface area contributed by atoms with E-state index < -0.39 is 5.97 Å². The van der Waals surface area contributed by atoms with Crippen molar-refractivity contribution in [2.75, 3.05) is 21.1 Å². The van der Waals surface area contributed by atoms with Gasteiger partial charge in [0.05, 0.1) is 26.7 Å². The van der Waals surface area contributed by atoms with Gasteiger partial charge in [-0.2, -0.15) is 0 Å². The maximum atomic E-state index is 11.1. The highest BCUT2D eigenvalue weighted by atomic mass is 16.4. The zero-order valence-corrected chi connectivity index (χ0v) is 11.4. The largest absolute Gasteiger partial charge is 0.478 e. The van der Waals surface area contributed by atoms with Crippen LogP contribution >= 0.6 is 0 Å². The molecule has 0 saturated heterocycles. The van der Waals surface area contributed by atoms with Crippen molar-refractivity contribution < 1.29 is 9.90 Å². The van der Waals surface area contributed by atoms with Crippen LogP contribution in [0, 0.1) is 0 Å². The lowest BCUT2D eigenvalue weighted by Gasteiger charge is -2.26. The van der Waals surface area contributed by atoms with Crippen molar-refractivity contribution in [3.8, 4) is 11.1 Å². The maximum Gasteiger partial charge on any atom is 0.335 e. The first-order valence-electron chi connectivity index (χ1n) is 6.14. The van der Waals surface area contributed by atoms with E-state index in [2.05, 4.69) is 0 Å². The molecular weight excluding hydrogens is 238 g/mol. The van der Waals surface area contributed by atoms with Crippen LogP contribution in [0.4, 0.5) is 5.69 Å². The van der Waals surface area contributed by atoms with E-state index in [1.165, 1.54) is 0 Å². The van der Waals surface area contributed by atoms with Crippen molar-refractivity contribution >= 4 is 11.7 Å². The molecule has 0 aliphatic heterocycles. The third-order valence-corrected chi connectivity index (χ3v) is 3.05. The molecule has 0 bridgehead atoms. The molecule has 3 nitrogen and oxygen atoms in total. The van der Waals surface area contributed by atoms with E-state index in [0.717, 1.165) is 16.8 Å². The second kappa shape index (κ2) is 4.86. The van der Waals surface area contributed by atoms with Gasteiger partial charge in [-0.25, -0.2) is 4.79 Å². The molecule has 0 fully saturated rings. The van der Waals surface area contributed by atoms with Crippen LogP contribution in [-0.2, 0) is 0 Å². The Morgan fingerprint density at radius 3 is 2.16 bits per heavy atom. The van der Waals surface area contributed by atoms with Crippen LogP contribution in [0.5, 0.6) is 0 Å². The molecule has 98 valence electrons. The number of quaternary nitrogens is 1. The van der Waals surface area contributed by atoms with Crippen LogP contribution in [0.3, 0.4) is 0 Å². The average molecular weight is 256 g/mol. The third kappa shape index (κ3) is 2.83. The highest BCUT2D eigenvalue weighted by molar-refractivity contribution is 5.91. The second-order valence-electron chi connectivity index (χ2n) is 5.42. The Kier molecular flexibility index (Phi) is 3.40. The predicted octanol–water partition coefficient (Wildman–Crippen LogP) is 3.25. The van der Waals surface area contributed by atoms with E-state index in [9.17, 15) is 4.79 Å².